The van der Waals surface area contributed by atoms with Crippen molar-refractivity contribution in [3.05, 3.63) is 58.0 Å². The molecule has 0 aliphatic carbocycles. The molecule has 0 radical (unpaired) electrons. The number of methoxy groups -OCH3 is 1. The Bertz CT molecular complexity index is 983. The number of ether oxygens (including phenoxy) is 2. The zero-order valence-corrected chi connectivity index (χ0v) is 15.7. The number of hydrogen-bond donors (Lipinski definition) is 1. The largest absolute Gasteiger partial charge is 0.491 e. The van der Waals surface area contributed by atoms with E-state index in [1.165, 1.54) is 19.4 Å². The number of rotatable bonds is 2. The number of amides is 1. The first-order valence-electron chi connectivity index (χ1n) is 9.39. The second kappa shape index (κ2) is 7.14. The lowest BCUT2D eigenvalue weighted by molar-refractivity contribution is 0.0300. The number of nitrogens with one attached hydrogen (secondary N) is 1. The van der Waals surface area contributed by atoms with Crippen LogP contribution >= 0.6 is 0 Å². The van der Waals surface area contributed by atoms with Gasteiger partial charge in [-0.2, -0.15) is 0 Å². The van der Waals surface area contributed by atoms with E-state index in [1.54, 1.807) is 11.0 Å². The molecule has 1 atom stereocenters. The first-order chi connectivity index (χ1) is 13.5. The Morgan fingerprint density at radius 1 is 1.21 bits per heavy atom. The molecule has 1 spiro atoms. The van der Waals surface area contributed by atoms with Crippen molar-refractivity contribution in [2.45, 2.75) is 31.3 Å². The normalized spacial score (nSPS) is 21.6. The molecule has 7 nitrogen and oxygen atoms in total. The fourth-order valence-electron chi connectivity index (χ4n) is 4.00. The minimum Gasteiger partial charge on any atom is -0.491 e. The zero-order valence-electron chi connectivity index (χ0n) is 15.7. The van der Waals surface area contributed by atoms with Crippen LogP contribution in [0.5, 0.6) is 11.5 Å². The Morgan fingerprint density at radius 3 is 2.82 bits per heavy atom. The molecule has 146 valence electrons. The van der Waals surface area contributed by atoms with Crippen LogP contribution in [0.2, 0.25) is 0 Å². The van der Waals surface area contributed by atoms with E-state index < -0.39 is 5.60 Å². The average molecular weight is 382 g/mol. The Morgan fingerprint density at radius 2 is 2.04 bits per heavy atom. The number of carbonyl (C=O) groups excluding carboxylic acids is 2. The maximum absolute atomic E-state index is 12.8. The number of aromatic amines is 1. The fraction of sp³-hybridized carbons (Fsp3) is 0.381. The molecule has 2 aliphatic heterocycles. The van der Waals surface area contributed by atoms with E-state index in [9.17, 15) is 14.4 Å². The van der Waals surface area contributed by atoms with Gasteiger partial charge in [0.15, 0.2) is 11.5 Å². The molecule has 1 aromatic heterocycles. The lowest BCUT2D eigenvalue weighted by Gasteiger charge is -2.37. The number of fused-ring (bicyclic) bond motifs is 1. The number of carbonyl (C=O) groups is 2. The number of hydrogen-bond acceptors (Lipinski definition) is 5. The fourth-order valence-corrected chi connectivity index (χ4v) is 4.00. The van der Waals surface area contributed by atoms with Gasteiger partial charge in [-0.25, -0.2) is 0 Å². The van der Waals surface area contributed by atoms with Crippen molar-refractivity contribution in [2.24, 2.45) is 0 Å². The van der Waals surface area contributed by atoms with E-state index in [2.05, 4.69) is 4.98 Å². The number of para-hydroxylation sites is 1. The number of benzene rings is 1. The molecule has 0 bridgehead atoms. The molecular weight excluding hydrogens is 360 g/mol. The van der Waals surface area contributed by atoms with Gasteiger partial charge in [0.2, 0.25) is 5.43 Å². The monoisotopic (exact) mass is 382 g/mol. The summed E-state index contributed by atoms with van der Waals surface area (Å²) in [7, 11) is 1.41. The van der Waals surface area contributed by atoms with Crippen molar-refractivity contribution in [1.82, 2.24) is 9.88 Å². The summed E-state index contributed by atoms with van der Waals surface area (Å²) in [6.45, 7) is 1.01. The van der Waals surface area contributed by atoms with Crippen LogP contribution in [0.1, 0.15) is 46.5 Å². The van der Waals surface area contributed by atoms with Crippen LogP contribution in [0.15, 0.2) is 41.3 Å². The van der Waals surface area contributed by atoms with Crippen molar-refractivity contribution in [1.29, 1.82) is 0 Å². The number of pyridine rings is 1. The number of nitrogens with zero attached hydrogens (tertiary/aromatic N) is 1. The van der Waals surface area contributed by atoms with E-state index in [0.29, 0.717) is 43.7 Å². The summed E-state index contributed by atoms with van der Waals surface area (Å²) in [6, 6.07) is 8.57. The highest BCUT2D eigenvalue weighted by molar-refractivity contribution is 6.00. The van der Waals surface area contributed by atoms with E-state index in [1.807, 2.05) is 18.2 Å². The van der Waals surface area contributed by atoms with Crippen molar-refractivity contribution >= 4 is 11.7 Å². The van der Waals surface area contributed by atoms with E-state index in [4.69, 9.17) is 9.47 Å². The lowest BCUT2D eigenvalue weighted by Crippen LogP contribution is -2.43. The summed E-state index contributed by atoms with van der Waals surface area (Å²) in [6.07, 6.45) is 3.72. The predicted octanol–water partition coefficient (Wildman–Crippen LogP) is 2.41. The summed E-state index contributed by atoms with van der Waals surface area (Å²) >= 11 is 0. The van der Waals surface area contributed by atoms with Crippen LogP contribution in [-0.2, 0) is 0 Å². The third-order valence-corrected chi connectivity index (χ3v) is 5.51. The van der Waals surface area contributed by atoms with Gasteiger partial charge < -0.3 is 19.4 Å². The van der Waals surface area contributed by atoms with Gasteiger partial charge in [0.25, 0.3) is 5.91 Å². The molecule has 2 aliphatic rings. The van der Waals surface area contributed by atoms with Gasteiger partial charge in [0.1, 0.15) is 17.0 Å². The molecular formula is C21H22N2O5. The molecule has 1 saturated heterocycles. The van der Waals surface area contributed by atoms with Gasteiger partial charge in [-0.3, -0.25) is 14.4 Å². The van der Waals surface area contributed by atoms with Crippen LogP contribution in [0, 0.1) is 0 Å². The van der Waals surface area contributed by atoms with E-state index >= 15 is 0 Å². The van der Waals surface area contributed by atoms with Crippen molar-refractivity contribution in [2.75, 3.05) is 20.2 Å². The summed E-state index contributed by atoms with van der Waals surface area (Å²) in [5.41, 5.74) is -0.0594. The highest BCUT2D eigenvalue weighted by Gasteiger charge is 2.42. The van der Waals surface area contributed by atoms with Gasteiger partial charge in [-0.15, -0.1) is 0 Å². The van der Waals surface area contributed by atoms with Crippen molar-refractivity contribution in [3.8, 4) is 11.5 Å². The standard InChI is InChI=1S/C21H22N2O5/c1-27-19-13-22-15(11-16(19)24)20(26)23-9-4-7-21(8-10-23)12-17(25)14-5-2-3-6-18(14)28-21/h2-3,5-6,11,13H,4,7-10,12H2,1H3,(H,22,24). The molecule has 1 amide bonds. The molecule has 2 aromatic rings. The van der Waals surface area contributed by atoms with Crippen LogP contribution in [-0.4, -0.2) is 47.4 Å². The van der Waals surface area contributed by atoms with Gasteiger partial charge in [0.05, 0.1) is 19.1 Å². The minimum atomic E-state index is -0.576. The third kappa shape index (κ3) is 3.28. The molecule has 1 N–H and O–H groups in total. The minimum absolute atomic E-state index is 0.0844. The van der Waals surface area contributed by atoms with Crippen LogP contribution in [0.3, 0.4) is 0 Å². The van der Waals surface area contributed by atoms with Gasteiger partial charge in [0, 0.05) is 31.8 Å². The number of ketones is 1. The average Bonchev–Trinajstić information content (AvgIpc) is 2.90. The van der Waals surface area contributed by atoms with Crippen molar-refractivity contribution in [3.63, 3.8) is 0 Å². The highest BCUT2D eigenvalue weighted by Crippen LogP contribution is 2.39. The molecule has 1 fully saturated rings. The number of H-pyrrole nitrogens is 1. The first kappa shape index (κ1) is 18.3. The summed E-state index contributed by atoms with van der Waals surface area (Å²) in [5.74, 6) is 0.637. The molecule has 28 heavy (non-hydrogen) atoms. The Balaban J connectivity index is 1.51. The van der Waals surface area contributed by atoms with E-state index in [-0.39, 0.29) is 28.6 Å². The van der Waals surface area contributed by atoms with Crippen LogP contribution in [0.25, 0.3) is 0 Å². The topological polar surface area (TPSA) is 88.7 Å². The SMILES string of the molecule is COc1c[nH]c(C(=O)N2CCCC3(CC2)CC(=O)c2ccccc2O3)cc1=O. The quantitative estimate of drug-likeness (QED) is 0.862. The van der Waals surface area contributed by atoms with Crippen LogP contribution < -0.4 is 14.9 Å². The van der Waals surface area contributed by atoms with Crippen LogP contribution in [0.4, 0.5) is 0 Å². The first-order valence-corrected chi connectivity index (χ1v) is 9.39. The Hall–Kier alpha value is -3.09. The molecule has 1 aromatic carbocycles. The van der Waals surface area contributed by atoms with Crippen molar-refractivity contribution < 1.29 is 19.1 Å². The highest BCUT2D eigenvalue weighted by atomic mass is 16.5. The smallest absolute Gasteiger partial charge is 0.270 e. The molecule has 4 rings (SSSR count). The Labute approximate surface area is 162 Å². The number of aromatic nitrogens is 1. The lowest BCUT2D eigenvalue weighted by atomic mass is 9.84. The maximum Gasteiger partial charge on any atom is 0.270 e. The molecule has 1 unspecified atom stereocenters. The maximum atomic E-state index is 12.8. The van der Waals surface area contributed by atoms with Gasteiger partial charge in [-0.1, -0.05) is 12.1 Å². The molecule has 0 saturated carbocycles. The third-order valence-electron chi connectivity index (χ3n) is 5.51. The second-order valence-corrected chi connectivity index (χ2v) is 7.31. The molecule has 3 heterocycles. The predicted molar refractivity (Wildman–Crippen MR) is 102 cm³/mol. The number of Topliss-reactive ketones (excluding diaryl/α,β-unsaturated/α-hetero) is 1. The van der Waals surface area contributed by atoms with Gasteiger partial charge in [-0.05, 0) is 25.0 Å². The summed E-state index contributed by atoms with van der Waals surface area (Å²) in [5, 5.41) is 0. The number of likely N-dealkylation sites (tertiary alicyclic amines) is 1. The van der Waals surface area contributed by atoms with Gasteiger partial charge >= 0.3 is 0 Å². The molecule has 7 heteroatoms. The second-order valence-electron chi connectivity index (χ2n) is 7.31. The zero-order chi connectivity index (χ0) is 19.7. The summed E-state index contributed by atoms with van der Waals surface area (Å²) in [4.78, 5) is 41.9. The van der Waals surface area contributed by atoms with E-state index in [0.717, 1.165) is 6.42 Å². The Kier molecular flexibility index (Phi) is 4.66. The summed E-state index contributed by atoms with van der Waals surface area (Å²) < 4.78 is 11.2.